The maximum atomic E-state index is 9.53. The molecule has 1 N–H and O–H groups in total. The van der Waals surface area contributed by atoms with Crippen LogP contribution in [0.5, 0.6) is 0 Å². The molecule has 0 spiro atoms. The van der Waals surface area contributed by atoms with Crippen LogP contribution < -0.4 is 0 Å². The molecule has 0 radical (unpaired) electrons. The number of aliphatic hydroxyl groups is 1. The minimum Gasteiger partial charge on any atom is -0.390 e. The topological polar surface area (TPSA) is 61.8 Å². The van der Waals surface area contributed by atoms with E-state index < -0.39 is 0 Å². The van der Waals surface area contributed by atoms with E-state index in [0.717, 1.165) is 22.3 Å². The summed E-state index contributed by atoms with van der Waals surface area (Å²) in [5.41, 5.74) is 5.23. The van der Waals surface area contributed by atoms with Gasteiger partial charge in [0, 0.05) is 5.56 Å². The zero-order chi connectivity index (χ0) is 16.0. The number of hydrogen-bond acceptors (Lipinski definition) is 3. The smallest absolute Gasteiger partial charge is 0.203 e. The highest BCUT2D eigenvalue weighted by Crippen LogP contribution is 2.48. The number of rotatable bonds is 3. The van der Waals surface area contributed by atoms with E-state index in [1.807, 2.05) is 42.5 Å². The normalized spacial score (nSPS) is 15.1. The molecular formula is C18H12ClN3O. The van der Waals surface area contributed by atoms with Crippen LogP contribution in [0.1, 0.15) is 28.4 Å². The molecule has 112 valence electrons. The average molecular weight is 322 g/mol. The quantitative estimate of drug-likeness (QED) is 0.628. The Morgan fingerprint density at radius 3 is 2.70 bits per heavy atom. The monoisotopic (exact) mass is 321 g/mol. The molecule has 1 atom stereocenters. The van der Waals surface area contributed by atoms with Gasteiger partial charge in [0.25, 0.3) is 0 Å². The summed E-state index contributed by atoms with van der Waals surface area (Å²) in [5.74, 6) is 0. The van der Waals surface area contributed by atoms with Crippen LogP contribution in [0.3, 0.4) is 0 Å². The second kappa shape index (κ2) is 5.24. The summed E-state index contributed by atoms with van der Waals surface area (Å²) in [6.45, 7) is -0.150. The Hall–Kier alpha value is -2.61. The molecule has 0 aliphatic heterocycles. The lowest BCUT2D eigenvalue weighted by Gasteiger charge is -2.35. The van der Waals surface area contributed by atoms with Crippen molar-refractivity contribution in [1.82, 2.24) is 9.55 Å². The Balaban J connectivity index is 1.93. The van der Waals surface area contributed by atoms with Crippen molar-refractivity contribution in [1.29, 1.82) is 5.26 Å². The highest BCUT2D eigenvalue weighted by molar-refractivity contribution is 6.28. The van der Waals surface area contributed by atoms with Crippen molar-refractivity contribution in [2.24, 2.45) is 0 Å². The first-order valence-electron chi connectivity index (χ1n) is 7.21. The van der Waals surface area contributed by atoms with Gasteiger partial charge < -0.3 is 9.67 Å². The van der Waals surface area contributed by atoms with Crippen LogP contribution in [0.4, 0.5) is 0 Å². The number of imidazole rings is 1. The molecule has 1 aromatic heterocycles. The molecule has 2 bridgehead atoms. The summed E-state index contributed by atoms with van der Waals surface area (Å²) in [6.07, 6.45) is 1.56. The Morgan fingerprint density at radius 2 is 2.00 bits per heavy atom. The highest BCUT2D eigenvalue weighted by Gasteiger charge is 2.37. The van der Waals surface area contributed by atoms with Gasteiger partial charge >= 0.3 is 0 Å². The fourth-order valence-corrected chi connectivity index (χ4v) is 3.50. The van der Waals surface area contributed by atoms with E-state index in [4.69, 9.17) is 11.6 Å². The number of halogens is 1. The Labute approximate surface area is 138 Å². The van der Waals surface area contributed by atoms with Gasteiger partial charge in [-0.25, -0.2) is 4.98 Å². The fraction of sp³-hybridized carbons (Fsp3) is 0.111. The van der Waals surface area contributed by atoms with Crippen molar-refractivity contribution in [3.05, 3.63) is 76.3 Å². The van der Waals surface area contributed by atoms with Gasteiger partial charge in [0.05, 0.1) is 36.2 Å². The van der Waals surface area contributed by atoms with E-state index >= 15 is 0 Å². The average Bonchev–Trinajstić information content (AvgIpc) is 2.96. The van der Waals surface area contributed by atoms with Gasteiger partial charge in [-0.3, -0.25) is 0 Å². The zero-order valence-electron chi connectivity index (χ0n) is 12.1. The predicted molar refractivity (Wildman–Crippen MR) is 87.0 cm³/mol. The summed E-state index contributed by atoms with van der Waals surface area (Å²) in [7, 11) is 0. The van der Waals surface area contributed by atoms with Crippen molar-refractivity contribution >= 4 is 11.6 Å². The van der Waals surface area contributed by atoms with Crippen LogP contribution in [0.15, 0.2) is 48.7 Å². The molecule has 1 heterocycles. The van der Waals surface area contributed by atoms with E-state index in [0.29, 0.717) is 16.5 Å². The van der Waals surface area contributed by atoms with E-state index in [1.54, 1.807) is 10.8 Å². The second-order valence-electron chi connectivity index (χ2n) is 5.42. The largest absolute Gasteiger partial charge is 0.390 e. The molecular weight excluding hydrogens is 310 g/mol. The summed E-state index contributed by atoms with van der Waals surface area (Å²) < 4.78 is 1.79. The number of nitrogens with zero attached hydrogens (tertiary/aromatic N) is 3. The maximum absolute atomic E-state index is 9.53. The van der Waals surface area contributed by atoms with Crippen LogP contribution in [-0.4, -0.2) is 14.7 Å². The fourth-order valence-electron chi connectivity index (χ4n) is 3.25. The van der Waals surface area contributed by atoms with Gasteiger partial charge in [0.2, 0.25) is 5.28 Å². The zero-order valence-corrected chi connectivity index (χ0v) is 12.8. The molecule has 3 aromatic rings. The van der Waals surface area contributed by atoms with E-state index in [2.05, 4.69) is 11.1 Å². The van der Waals surface area contributed by atoms with Crippen LogP contribution in [0, 0.1) is 11.3 Å². The number of hydrogen-bond donors (Lipinski definition) is 1. The summed E-state index contributed by atoms with van der Waals surface area (Å²) in [6, 6.07) is 16.0. The first-order chi connectivity index (χ1) is 11.3. The van der Waals surface area contributed by atoms with E-state index in [9.17, 15) is 10.4 Å². The standard InChI is InChI=1S/C18H12ClN3O/c19-18-21-9-12(10-23)22(18)17-14-7-6-13(16(17)15(14)8-20)11-4-2-1-3-5-11/h1-7,9,17,23H,10H2. The molecule has 1 unspecified atom stereocenters. The molecule has 23 heavy (non-hydrogen) atoms. The molecule has 4 rings (SSSR count). The lowest BCUT2D eigenvalue weighted by molar-refractivity contribution is 0.269. The molecule has 4 nitrogen and oxygen atoms in total. The van der Waals surface area contributed by atoms with Gasteiger partial charge in [0.15, 0.2) is 0 Å². The number of aliphatic hydroxyl groups excluding tert-OH is 1. The second-order valence-corrected chi connectivity index (χ2v) is 5.76. The first-order valence-corrected chi connectivity index (χ1v) is 7.58. The first kappa shape index (κ1) is 14.0. The van der Waals surface area contributed by atoms with Crippen molar-refractivity contribution in [3.8, 4) is 17.2 Å². The molecule has 0 fully saturated rings. The third-order valence-electron chi connectivity index (χ3n) is 4.29. The highest BCUT2D eigenvalue weighted by atomic mass is 35.5. The molecule has 1 aliphatic rings. The molecule has 2 aromatic carbocycles. The SMILES string of the molecule is N#CC1=C2C=CC(c3ccccc3)=C1C2n1c(CO)cnc1Cl. The van der Waals surface area contributed by atoms with Gasteiger partial charge in [-0.2, -0.15) is 5.26 Å². The minimum absolute atomic E-state index is 0.150. The molecule has 1 aliphatic carbocycles. The lowest BCUT2D eigenvalue weighted by Crippen LogP contribution is -2.26. The number of nitriles is 1. The number of fused-ring (bicyclic) bond motifs is 2. The minimum atomic E-state index is -0.165. The summed E-state index contributed by atoms with van der Waals surface area (Å²) >= 11 is 6.22. The Kier molecular flexibility index (Phi) is 3.19. The molecule has 0 saturated carbocycles. The van der Waals surface area contributed by atoms with Gasteiger partial charge in [-0.05, 0) is 28.3 Å². The maximum Gasteiger partial charge on any atom is 0.203 e. The van der Waals surface area contributed by atoms with Crippen LogP contribution in [0.25, 0.3) is 11.1 Å². The van der Waals surface area contributed by atoms with Crippen molar-refractivity contribution in [3.63, 3.8) is 0 Å². The van der Waals surface area contributed by atoms with Crippen LogP contribution in [0.2, 0.25) is 5.28 Å². The van der Waals surface area contributed by atoms with Crippen molar-refractivity contribution in [2.75, 3.05) is 0 Å². The van der Waals surface area contributed by atoms with Gasteiger partial charge in [0.1, 0.15) is 0 Å². The van der Waals surface area contributed by atoms with Gasteiger partial charge in [-0.1, -0.05) is 42.5 Å². The Morgan fingerprint density at radius 1 is 1.22 bits per heavy atom. The molecule has 0 amide bonds. The number of benzene rings is 2. The van der Waals surface area contributed by atoms with Crippen LogP contribution in [-0.2, 0) is 6.61 Å². The molecule has 0 saturated heterocycles. The third kappa shape index (κ3) is 1.91. The lowest BCUT2D eigenvalue weighted by atomic mass is 9.75. The predicted octanol–water partition coefficient (Wildman–Crippen LogP) is 3.52. The van der Waals surface area contributed by atoms with Crippen molar-refractivity contribution in [2.45, 2.75) is 12.6 Å². The number of aromatic nitrogens is 2. The molecule has 5 heteroatoms. The Bertz CT molecular complexity index is 941. The van der Waals surface area contributed by atoms with E-state index in [1.165, 1.54) is 0 Å². The summed E-state index contributed by atoms with van der Waals surface area (Å²) in [5, 5.41) is 19.3. The summed E-state index contributed by atoms with van der Waals surface area (Å²) in [4.78, 5) is 4.08. The van der Waals surface area contributed by atoms with Crippen LogP contribution >= 0.6 is 11.6 Å². The van der Waals surface area contributed by atoms with E-state index in [-0.39, 0.29) is 12.6 Å². The van der Waals surface area contributed by atoms with Gasteiger partial charge in [-0.15, -0.1) is 0 Å². The third-order valence-corrected chi connectivity index (χ3v) is 4.57. The van der Waals surface area contributed by atoms with Crippen molar-refractivity contribution < 1.29 is 5.11 Å².